The Morgan fingerprint density at radius 3 is 1.69 bits per heavy atom. The molecule has 4 aromatic carbocycles. The van der Waals surface area contributed by atoms with Crippen LogP contribution >= 0.6 is 20.0 Å². The third-order valence-electron chi connectivity index (χ3n) is 17.5. The third kappa shape index (κ3) is 25.4. The monoisotopic (exact) mass is 1550 g/mol. The molecule has 1 fully saturated rings. The Kier molecular flexibility index (Phi) is 31.6. The fraction of sp³-hybridized carbons (Fsp3) is 0.435. The van der Waals surface area contributed by atoms with Crippen molar-refractivity contribution in [2.45, 2.75) is 164 Å². The second-order valence-electron chi connectivity index (χ2n) is 25.5. The number of hydrogen-bond acceptors (Lipinski definition) is 21. The highest BCUT2D eigenvalue weighted by molar-refractivity contribution is 7.80. The lowest BCUT2D eigenvalue weighted by atomic mass is 9.76. The number of benzene rings is 4. The number of phosphoric acid groups is 1. The van der Waals surface area contributed by atoms with E-state index in [1.807, 2.05) is 0 Å². The van der Waals surface area contributed by atoms with Crippen LogP contribution in [0.2, 0.25) is 0 Å². The molecule has 0 saturated carbocycles. The lowest BCUT2D eigenvalue weighted by molar-refractivity contribution is -0.144. The summed E-state index contributed by atoms with van der Waals surface area (Å²) in [6.45, 7) is 2.79. The fourth-order valence-corrected chi connectivity index (χ4v) is 12.4. The third-order valence-corrected chi connectivity index (χ3v) is 18.2. The Morgan fingerprint density at radius 1 is 0.630 bits per heavy atom. The molecule has 0 aliphatic carbocycles. The van der Waals surface area contributed by atoms with Gasteiger partial charge in [0, 0.05) is 86.0 Å². The molecule has 0 spiro atoms. The standard InChI is InChI=1S/C69H86N11O26PS/c1-3-36(2)59(66(98)76-48(67(99)100)25-29-58(90)91)78-63(95)47(24-28-57(88)89)73-61(93)46(23-27-56(86)87)74-64(96)49(32-37-14-18-40(19-15-37)106-107(102,103)104)77-62(94)45(22-26-53(70)83)75-65(97)50-12-9-31-80(50)55(85)35-72-54(84)13-5-4-8-30-71-68(108)79-60(92)41-10-6-7-11-42(41)69(101)43-20-16-38(81)33-51(43)105-52-34-39(82)17-21-44(52)69/h6-7,10-11,14-21,33-34,36,45-50,59,81-82,101H,3-5,8-9,12-13,22-32,35H2,1-2H3,(H2,70,83)(H,72,84)(H,73,93)(H,74,96)(H,75,97)(H,76,98)(H,77,94)(H,78,95)(H,86,87)(H,88,89)(H,90,91)(H,99,100)(H2,102,103,104)(H2,71,79,92,108)/t36-,45-,46-,47-,48-,49-,50-,59-/m0/s1. The van der Waals surface area contributed by atoms with E-state index in [0.29, 0.717) is 19.3 Å². The minimum absolute atomic E-state index is 0.0236. The quantitative estimate of drug-likeness (QED) is 0.0162. The minimum Gasteiger partial charge on any atom is -0.508 e. The van der Waals surface area contributed by atoms with Crippen LogP contribution in [0.5, 0.6) is 28.7 Å². The minimum atomic E-state index is -5.10. The number of unbranched alkanes of at least 4 members (excludes halogenated alkanes) is 2. The first-order chi connectivity index (χ1) is 51.0. The van der Waals surface area contributed by atoms with Crippen LogP contribution in [0, 0.1) is 5.92 Å². The van der Waals surface area contributed by atoms with Gasteiger partial charge in [0.1, 0.15) is 76.6 Å². The molecular weight excluding hydrogens is 1460 g/mol. The molecule has 2 aliphatic heterocycles. The number of carbonyl (C=O) groups excluding carboxylic acids is 10. The first-order valence-electron chi connectivity index (χ1n) is 34.1. The molecule has 584 valence electrons. The number of rotatable bonds is 41. The molecule has 39 heteroatoms. The number of hydrogen-bond donors (Lipinski definition) is 19. The van der Waals surface area contributed by atoms with Crippen LogP contribution in [0.15, 0.2) is 84.9 Å². The summed E-state index contributed by atoms with van der Waals surface area (Å²) in [6, 6.07) is 7.01. The van der Waals surface area contributed by atoms with Gasteiger partial charge in [-0.1, -0.05) is 57.0 Å². The largest absolute Gasteiger partial charge is 0.524 e. The summed E-state index contributed by atoms with van der Waals surface area (Å²) in [5.74, 6) is -17.1. The summed E-state index contributed by atoms with van der Waals surface area (Å²) in [7, 11) is -5.10. The maximum absolute atomic E-state index is 14.6. The average molecular weight is 1550 g/mol. The fourth-order valence-electron chi connectivity index (χ4n) is 11.8. The number of carboxylic acid groups (broad SMARTS) is 4. The summed E-state index contributed by atoms with van der Waals surface area (Å²) < 4.78 is 22.1. The van der Waals surface area contributed by atoms with Crippen LogP contribution in [0.1, 0.15) is 143 Å². The molecule has 6 rings (SSSR count). The van der Waals surface area contributed by atoms with Gasteiger partial charge in [-0.15, -0.1) is 0 Å². The van der Waals surface area contributed by atoms with Gasteiger partial charge in [0.15, 0.2) is 5.11 Å². The normalized spacial score (nSPS) is 15.3. The number of aliphatic hydroxyl groups is 1. The van der Waals surface area contributed by atoms with E-state index in [9.17, 15) is 112 Å². The van der Waals surface area contributed by atoms with Gasteiger partial charge in [-0.3, -0.25) is 77.4 Å². The first kappa shape index (κ1) is 85.6. The number of likely N-dealkylation sites (tertiary alicyclic amines) is 1. The Bertz CT molecular complexity index is 4030. The smallest absolute Gasteiger partial charge is 0.508 e. The van der Waals surface area contributed by atoms with Crippen LogP contribution in [0.4, 0.5) is 0 Å². The van der Waals surface area contributed by atoms with Gasteiger partial charge in [-0.2, -0.15) is 0 Å². The summed E-state index contributed by atoms with van der Waals surface area (Å²) in [6.07, 6.45) is -4.27. The molecule has 1 saturated heterocycles. The molecule has 2 heterocycles. The van der Waals surface area contributed by atoms with Gasteiger partial charge >= 0.3 is 31.7 Å². The number of thiocarbonyl (C=S) groups is 1. The summed E-state index contributed by atoms with van der Waals surface area (Å²) >= 11 is 5.42. The molecular formula is C69H86N11O26PS. The maximum atomic E-state index is 14.6. The van der Waals surface area contributed by atoms with E-state index in [4.69, 9.17) is 27.8 Å². The number of phosphoric ester groups is 1. The average Bonchev–Trinajstić information content (AvgIpc) is 0.819. The maximum Gasteiger partial charge on any atom is 0.524 e. The topological polar surface area (TPSA) is 594 Å². The predicted octanol–water partition coefficient (Wildman–Crippen LogP) is 0.373. The van der Waals surface area contributed by atoms with Crippen molar-refractivity contribution in [1.82, 2.24) is 52.8 Å². The van der Waals surface area contributed by atoms with E-state index in [1.165, 1.54) is 61.5 Å². The lowest BCUT2D eigenvalue weighted by Crippen LogP contribution is -2.60. The highest BCUT2D eigenvalue weighted by atomic mass is 32.1. The highest BCUT2D eigenvalue weighted by Gasteiger charge is 2.45. The molecule has 2 aliphatic rings. The number of nitrogens with one attached hydrogen (secondary N) is 9. The molecule has 0 aromatic heterocycles. The first-order valence-corrected chi connectivity index (χ1v) is 36.1. The Hall–Kier alpha value is -11.3. The van der Waals surface area contributed by atoms with E-state index in [0.717, 1.165) is 17.0 Å². The van der Waals surface area contributed by atoms with Crippen LogP contribution in [0.25, 0.3) is 0 Å². The number of primary amides is 1. The number of aromatic hydroxyl groups is 2. The van der Waals surface area contributed by atoms with Gasteiger partial charge in [0.05, 0.1) is 6.54 Å². The zero-order valence-electron chi connectivity index (χ0n) is 58.5. The molecule has 0 unspecified atom stereocenters. The van der Waals surface area contributed by atoms with Gasteiger partial charge in [-0.05, 0) is 118 Å². The molecule has 0 bridgehead atoms. The number of phenols is 2. The number of aliphatic carboxylic acids is 4. The van der Waals surface area contributed by atoms with Crippen molar-refractivity contribution in [1.29, 1.82) is 0 Å². The second-order valence-corrected chi connectivity index (χ2v) is 27.1. The molecule has 10 amide bonds. The van der Waals surface area contributed by atoms with Crippen molar-refractivity contribution in [3.8, 4) is 28.7 Å². The molecule has 4 aromatic rings. The predicted molar refractivity (Wildman–Crippen MR) is 380 cm³/mol. The van der Waals surface area contributed by atoms with E-state index in [1.54, 1.807) is 25.1 Å². The Labute approximate surface area is 622 Å². The van der Waals surface area contributed by atoms with E-state index in [-0.39, 0.29) is 100 Å². The zero-order chi connectivity index (χ0) is 79.7. The van der Waals surface area contributed by atoms with E-state index in [2.05, 4.69) is 52.4 Å². The lowest BCUT2D eigenvalue weighted by Gasteiger charge is -2.37. The SMILES string of the molecule is CC[C@H](C)[C@H](NC(=O)[C@H](CCC(=O)O)NC(=O)[C@H](CCC(=O)O)NC(=O)[C@H](Cc1ccc(OP(=O)(O)O)cc1)NC(=O)[C@H](CCC(N)=O)NC(=O)[C@@H]1CCCN1C(=O)CNC(=O)CCCCCNC(=S)NC(=O)c1ccccc1C1(O)c2ccc(O)cc2Oc2cc(O)ccc21)C(=O)N[C@@H](CCC(=O)O)C(=O)O. The van der Waals surface area contributed by atoms with Crippen molar-refractivity contribution in [3.63, 3.8) is 0 Å². The van der Waals surface area contributed by atoms with Crippen molar-refractivity contribution in [2.75, 3.05) is 19.6 Å². The van der Waals surface area contributed by atoms with Crippen molar-refractivity contribution in [2.24, 2.45) is 11.7 Å². The molecule has 20 N–H and O–H groups in total. The molecule has 8 atom stereocenters. The number of phenolic OH excluding ortho intramolecular Hbond substituents is 2. The van der Waals surface area contributed by atoms with Crippen molar-refractivity contribution < 1.29 is 126 Å². The van der Waals surface area contributed by atoms with Gasteiger partial charge in [-0.25, -0.2) is 9.36 Å². The number of carbonyl (C=O) groups is 14. The Balaban J connectivity index is 1.08. The number of amides is 10. The summed E-state index contributed by atoms with van der Waals surface area (Å²) in [5.41, 5.74) is 4.17. The number of nitrogens with two attached hydrogens (primary N) is 1. The number of carboxylic acids is 4. The van der Waals surface area contributed by atoms with E-state index >= 15 is 0 Å². The van der Waals surface area contributed by atoms with Crippen LogP contribution in [-0.4, -0.2) is 200 Å². The van der Waals surface area contributed by atoms with Gasteiger partial charge < -0.3 is 98.2 Å². The molecule has 0 radical (unpaired) electrons. The molecule has 37 nitrogen and oxygen atoms in total. The van der Waals surface area contributed by atoms with Gasteiger partial charge in [0.2, 0.25) is 53.2 Å². The number of ether oxygens (including phenoxy) is 1. The zero-order valence-corrected chi connectivity index (χ0v) is 60.2. The Morgan fingerprint density at radius 2 is 1.15 bits per heavy atom. The highest BCUT2D eigenvalue weighted by Crippen LogP contribution is 2.52. The summed E-state index contributed by atoms with van der Waals surface area (Å²) in [5, 5.41) is 93.2. The van der Waals surface area contributed by atoms with Gasteiger partial charge in [0.25, 0.3) is 5.91 Å². The second kappa shape index (κ2) is 39.9. The molecule has 108 heavy (non-hydrogen) atoms. The van der Waals surface area contributed by atoms with E-state index < -0.39 is 209 Å². The summed E-state index contributed by atoms with van der Waals surface area (Å²) in [4.78, 5) is 205. The van der Waals surface area contributed by atoms with Crippen molar-refractivity contribution >= 4 is 108 Å². The van der Waals surface area contributed by atoms with Crippen LogP contribution in [0.3, 0.4) is 0 Å². The number of nitrogens with zero attached hydrogens (tertiary/aromatic N) is 1. The van der Waals surface area contributed by atoms with Crippen LogP contribution < -0.4 is 62.8 Å². The number of fused-ring (bicyclic) bond motifs is 2. The van der Waals surface area contributed by atoms with Crippen molar-refractivity contribution in [3.05, 3.63) is 113 Å². The van der Waals surface area contributed by atoms with Crippen LogP contribution in [-0.2, 0) is 78.9 Å².